The van der Waals surface area contributed by atoms with E-state index in [1.54, 1.807) is 23.1 Å². The average molecular weight is 261 g/mol. The zero-order chi connectivity index (χ0) is 12.1. The summed E-state index contributed by atoms with van der Waals surface area (Å²) in [5.41, 5.74) is 6.34. The fourth-order valence-corrected chi connectivity index (χ4v) is 2.00. The summed E-state index contributed by atoms with van der Waals surface area (Å²) < 4.78 is 0. The topological polar surface area (TPSA) is 46.3 Å². The van der Waals surface area contributed by atoms with Gasteiger partial charge in [0.05, 0.1) is 0 Å². The second-order valence-corrected chi connectivity index (χ2v) is 4.38. The van der Waals surface area contributed by atoms with Crippen molar-refractivity contribution in [3.05, 3.63) is 33.8 Å². The van der Waals surface area contributed by atoms with Crippen LogP contribution in [0.3, 0.4) is 0 Å². The van der Waals surface area contributed by atoms with E-state index in [-0.39, 0.29) is 5.91 Å². The van der Waals surface area contributed by atoms with Gasteiger partial charge in [0.1, 0.15) is 0 Å². The molecule has 0 aliphatic heterocycles. The van der Waals surface area contributed by atoms with Crippen molar-refractivity contribution in [2.75, 3.05) is 13.1 Å². The summed E-state index contributed by atoms with van der Waals surface area (Å²) in [6, 6.07) is 5.24. The van der Waals surface area contributed by atoms with Crippen molar-refractivity contribution in [1.82, 2.24) is 4.90 Å². The number of halogens is 2. The summed E-state index contributed by atoms with van der Waals surface area (Å²) >= 11 is 11.8. The minimum absolute atomic E-state index is 0.0125. The second kappa shape index (κ2) is 6.09. The van der Waals surface area contributed by atoms with Crippen LogP contribution in [0, 0.1) is 0 Å². The van der Waals surface area contributed by atoms with Crippen LogP contribution in [0.5, 0.6) is 0 Å². The maximum Gasteiger partial charge on any atom is 0.219 e. The first-order valence-corrected chi connectivity index (χ1v) is 5.69. The number of nitrogens with zero attached hydrogens (tertiary/aromatic N) is 1. The third-order valence-electron chi connectivity index (χ3n) is 2.14. The molecule has 0 saturated heterocycles. The molecule has 0 aliphatic rings. The first-order chi connectivity index (χ1) is 7.52. The van der Waals surface area contributed by atoms with Crippen molar-refractivity contribution in [3.63, 3.8) is 0 Å². The molecule has 0 bridgehead atoms. The van der Waals surface area contributed by atoms with Gasteiger partial charge in [-0.05, 0) is 23.8 Å². The Morgan fingerprint density at radius 3 is 2.31 bits per heavy atom. The van der Waals surface area contributed by atoms with Crippen LogP contribution in [-0.4, -0.2) is 23.9 Å². The summed E-state index contributed by atoms with van der Waals surface area (Å²) in [6.45, 7) is 2.96. The number of benzene rings is 1. The van der Waals surface area contributed by atoms with Crippen LogP contribution in [0.2, 0.25) is 10.0 Å². The van der Waals surface area contributed by atoms with E-state index in [4.69, 9.17) is 28.9 Å². The Morgan fingerprint density at radius 1 is 1.31 bits per heavy atom. The summed E-state index contributed by atoms with van der Waals surface area (Å²) in [7, 11) is 0. The normalized spacial score (nSPS) is 10.2. The highest BCUT2D eigenvalue weighted by Gasteiger charge is 2.09. The van der Waals surface area contributed by atoms with Crippen LogP contribution in [0.1, 0.15) is 12.5 Å². The molecule has 1 rings (SSSR count). The molecule has 1 amide bonds. The summed E-state index contributed by atoms with van der Waals surface area (Å²) in [5.74, 6) is -0.0125. The molecule has 0 atom stereocenters. The lowest BCUT2D eigenvalue weighted by molar-refractivity contribution is -0.129. The molecule has 0 radical (unpaired) electrons. The number of rotatable bonds is 4. The number of amides is 1. The third-order valence-corrected chi connectivity index (χ3v) is 2.58. The van der Waals surface area contributed by atoms with Gasteiger partial charge in [-0.25, -0.2) is 0 Å². The number of hydrogen-bond donors (Lipinski definition) is 1. The fraction of sp³-hybridized carbons (Fsp3) is 0.364. The molecule has 3 nitrogen and oxygen atoms in total. The molecule has 88 valence electrons. The van der Waals surface area contributed by atoms with Gasteiger partial charge in [-0.3, -0.25) is 4.79 Å². The highest BCUT2D eigenvalue weighted by atomic mass is 35.5. The zero-order valence-corrected chi connectivity index (χ0v) is 10.6. The zero-order valence-electron chi connectivity index (χ0n) is 9.04. The van der Waals surface area contributed by atoms with Gasteiger partial charge >= 0.3 is 0 Å². The third kappa shape index (κ3) is 4.00. The molecule has 1 aromatic carbocycles. The Bertz CT molecular complexity index is 362. The first kappa shape index (κ1) is 13.3. The van der Waals surface area contributed by atoms with Crippen molar-refractivity contribution in [1.29, 1.82) is 0 Å². The van der Waals surface area contributed by atoms with Crippen molar-refractivity contribution in [3.8, 4) is 0 Å². The Kier molecular flexibility index (Phi) is 5.06. The van der Waals surface area contributed by atoms with E-state index in [9.17, 15) is 4.79 Å². The predicted octanol–water partition coefficient (Wildman–Crippen LogP) is 2.30. The van der Waals surface area contributed by atoms with Crippen LogP contribution in [-0.2, 0) is 11.3 Å². The van der Waals surface area contributed by atoms with Gasteiger partial charge in [0.2, 0.25) is 5.91 Å². The molecule has 5 heteroatoms. The molecule has 0 aromatic heterocycles. The lowest BCUT2D eigenvalue weighted by Crippen LogP contribution is -2.33. The van der Waals surface area contributed by atoms with E-state index in [2.05, 4.69) is 0 Å². The molecular weight excluding hydrogens is 247 g/mol. The fourth-order valence-electron chi connectivity index (χ4n) is 1.43. The number of carbonyl (C=O) groups excluding carboxylic acids is 1. The lowest BCUT2D eigenvalue weighted by Gasteiger charge is -2.20. The number of hydrogen-bond acceptors (Lipinski definition) is 2. The van der Waals surface area contributed by atoms with Crippen molar-refractivity contribution in [2.45, 2.75) is 13.5 Å². The van der Waals surface area contributed by atoms with Gasteiger partial charge in [-0.2, -0.15) is 0 Å². The summed E-state index contributed by atoms with van der Waals surface area (Å²) in [4.78, 5) is 13.0. The van der Waals surface area contributed by atoms with Crippen LogP contribution in [0.15, 0.2) is 18.2 Å². The van der Waals surface area contributed by atoms with E-state index in [1.807, 2.05) is 0 Å². The van der Waals surface area contributed by atoms with Gasteiger partial charge < -0.3 is 10.6 Å². The van der Waals surface area contributed by atoms with Crippen molar-refractivity contribution >= 4 is 29.1 Å². The Labute approximate surface area is 105 Å². The highest BCUT2D eigenvalue weighted by Crippen LogP contribution is 2.20. The van der Waals surface area contributed by atoms with Crippen LogP contribution in [0.25, 0.3) is 0 Å². The highest BCUT2D eigenvalue weighted by molar-refractivity contribution is 6.34. The second-order valence-electron chi connectivity index (χ2n) is 3.51. The smallest absolute Gasteiger partial charge is 0.219 e. The first-order valence-electron chi connectivity index (χ1n) is 4.93. The molecule has 0 unspecified atom stereocenters. The number of nitrogens with two attached hydrogens (primary N) is 1. The largest absolute Gasteiger partial charge is 0.337 e. The molecule has 2 N–H and O–H groups in total. The summed E-state index contributed by atoms with van der Waals surface area (Å²) in [5, 5.41) is 1.14. The maximum atomic E-state index is 11.3. The Morgan fingerprint density at radius 2 is 1.88 bits per heavy atom. The summed E-state index contributed by atoms with van der Waals surface area (Å²) in [6.07, 6.45) is 0. The van der Waals surface area contributed by atoms with Gasteiger partial charge in [0.15, 0.2) is 0 Å². The lowest BCUT2D eigenvalue weighted by atomic mass is 10.2. The monoisotopic (exact) mass is 260 g/mol. The van der Waals surface area contributed by atoms with E-state index >= 15 is 0 Å². The minimum atomic E-state index is -0.0125. The molecule has 0 heterocycles. The van der Waals surface area contributed by atoms with Crippen LogP contribution in [0.4, 0.5) is 0 Å². The minimum Gasteiger partial charge on any atom is -0.337 e. The standard InChI is InChI=1S/C11H14Cl2N2O/c1-8(16)15(3-2-14)7-9-4-10(12)6-11(13)5-9/h4-6H,2-3,7,14H2,1H3. The van der Waals surface area contributed by atoms with Crippen molar-refractivity contribution < 1.29 is 4.79 Å². The van der Waals surface area contributed by atoms with Gasteiger partial charge in [-0.15, -0.1) is 0 Å². The molecule has 0 aliphatic carbocycles. The SMILES string of the molecule is CC(=O)N(CCN)Cc1cc(Cl)cc(Cl)c1. The van der Waals surface area contributed by atoms with Gasteiger partial charge in [-0.1, -0.05) is 23.2 Å². The van der Waals surface area contributed by atoms with Crippen molar-refractivity contribution in [2.24, 2.45) is 5.73 Å². The molecule has 0 spiro atoms. The van der Waals surface area contributed by atoms with Gasteiger partial charge in [0, 0.05) is 36.6 Å². The number of carbonyl (C=O) groups is 1. The van der Waals surface area contributed by atoms with E-state index in [0.29, 0.717) is 29.7 Å². The van der Waals surface area contributed by atoms with Crippen LogP contribution >= 0.6 is 23.2 Å². The van der Waals surface area contributed by atoms with E-state index < -0.39 is 0 Å². The van der Waals surface area contributed by atoms with E-state index in [0.717, 1.165) is 5.56 Å². The Hall–Kier alpha value is -0.770. The van der Waals surface area contributed by atoms with E-state index in [1.165, 1.54) is 6.92 Å². The average Bonchev–Trinajstić information content (AvgIpc) is 2.15. The van der Waals surface area contributed by atoms with Gasteiger partial charge in [0.25, 0.3) is 0 Å². The molecule has 0 saturated carbocycles. The molecule has 1 aromatic rings. The quantitative estimate of drug-likeness (QED) is 0.903. The molecule has 16 heavy (non-hydrogen) atoms. The maximum absolute atomic E-state index is 11.3. The Balaban J connectivity index is 2.80. The predicted molar refractivity (Wildman–Crippen MR) is 66.6 cm³/mol. The van der Waals surface area contributed by atoms with Crippen LogP contribution < -0.4 is 5.73 Å². The molecular formula is C11H14Cl2N2O. The molecule has 0 fully saturated rings.